The molecule has 5 heteroatoms. The van der Waals surface area contributed by atoms with Crippen molar-refractivity contribution in [1.29, 1.82) is 5.26 Å². The third-order valence-electron chi connectivity index (χ3n) is 0. The molecule has 1 nitrogen and oxygen atoms in total. The van der Waals surface area contributed by atoms with Crippen LogP contribution in [0.5, 0.6) is 0 Å². The Morgan fingerprint density at radius 2 is 0.750 bits per heavy atom. The molecule has 0 saturated heterocycles. The molecule has 3 radical (unpaired) electrons. The fourth-order valence-corrected chi connectivity index (χ4v) is 0. The van der Waals surface area contributed by atoms with Gasteiger partial charge in [0, 0.05) is 17.1 Å². The molecule has 0 atom stereocenters. The maximum Gasteiger partial charge on any atom is 1.00 e. The summed E-state index contributed by atoms with van der Waals surface area (Å²) in [7, 11) is 0. The van der Waals surface area contributed by atoms with Crippen molar-refractivity contribution < 1.29 is 35.9 Å². The number of rotatable bonds is 0. The minimum absolute atomic E-state index is 0. The SMILES string of the molecule is [C-]#N.[CH3][Sn]([CH3])[CH3].[CH3][Sn]([CH3])[CH3].[Cu].[Li+]. The predicted molar refractivity (Wildman–Crippen MR) is 51.7 cm³/mol. The van der Waals surface area contributed by atoms with Gasteiger partial charge in [0.1, 0.15) is 0 Å². The standard InChI is InChI=1S/CN.6CH3.Cu.Li.2Sn/c1-2;;;;;;;;;;/h;6*1H3;;;;/q-1;;;;;;;;+1;;. The van der Waals surface area contributed by atoms with E-state index >= 15 is 0 Å². The third kappa shape index (κ3) is 315. The topological polar surface area (TPSA) is 23.8 Å². The predicted octanol–water partition coefficient (Wildman–Crippen LogP) is -0.161. The van der Waals surface area contributed by atoms with Crippen molar-refractivity contribution in [3.63, 3.8) is 0 Å². The van der Waals surface area contributed by atoms with Crippen molar-refractivity contribution in [3.05, 3.63) is 6.57 Å². The minimum atomic E-state index is -0.543. The fourth-order valence-electron chi connectivity index (χ4n) is 0. The van der Waals surface area contributed by atoms with Gasteiger partial charge in [-0.1, -0.05) is 0 Å². The Morgan fingerprint density at radius 1 is 0.750 bits per heavy atom. The molecule has 0 N–H and O–H groups in total. The summed E-state index contributed by atoms with van der Waals surface area (Å²) >= 11 is -1.09. The van der Waals surface area contributed by atoms with Gasteiger partial charge in [0.15, 0.2) is 0 Å². The molecule has 0 saturated carbocycles. The zero-order valence-corrected chi connectivity index (χ0v) is 15.9. The van der Waals surface area contributed by atoms with E-state index in [1.54, 1.807) is 0 Å². The molecule has 0 aliphatic rings. The van der Waals surface area contributed by atoms with Crippen LogP contribution in [0.4, 0.5) is 0 Å². The average molecular weight is 424 g/mol. The van der Waals surface area contributed by atoms with E-state index in [1.165, 1.54) is 0 Å². The first kappa shape index (κ1) is 29.2. The summed E-state index contributed by atoms with van der Waals surface area (Å²) in [5, 5.41) is 6.25. The second-order valence-corrected chi connectivity index (χ2v) is 20.1. The molecular formula is C7H18CuLiNSn2. The Labute approximate surface area is 115 Å². The van der Waals surface area contributed by atoms with Crippen LogP contribution in [0.3, 0.4) is 0 Å². The summed E-state index contributed by atoms with van der Waals surface area (Å²) in [4.78, 5) is 14.2. The van der Waals surface area contributed by atoms with Crippen LogP contribution in [0.15, 0.2) is 0 Å². The Bertz CT molecular complexity index is 58.2. The summed E-state index contributed by atoms with van der Waals surface area (Å²) in [6, 6.07) is 0. The molecule has 0 aromatic heterocycles. The van der Waals surface area contributed by atoms with Crippen molar-refractivity contribution in [1.82, 2.24) is 0 Å². The van der Waals surface area contributed by atoms with Crippen LogP contribution in [-0.2, 0) is 17.1 Å². The van der Waals surface area contributed by atoms with Crippen LogP contribution in [0.1, 0.15) is 0 Å². The van der Waals surface area contributed by atoms with Gasteiger partial charge in [-0.2, -0.15) is 0 Å². The van der Waals surface area contributed by atoms with Crippen molar-refractivity contribution in [2.75, 3.05) is 0 Å². The Morgan fingerprint density at radius 3 is 0.750 bits per heavy atom. The molecule has 0 amide bonds. The van der Waals surface area contributed by atoms with E-state index in [2.05, 4.69) is 29.6 Å². The van der Waals surface area contributed by atoms with Gasteiger partial charge >= 0.3 is 88.0 Å². The maximum atomic E-state index is 6.25. The van der Waals surface area contributed by atoms with E-state index in [4.69, 9.17) is 11.8 Å². The van der Waals surface area contributed by atoms with E-state index in [-0.39, 0.29) is 35.9 Å². The van der Waals surface area contributed by atoms with Gasteiger partial charge in [-0.15, -0.1) is 0 Å². The van der Waals surface area contributed by atoms with Crippen molar-refractivity contribution in [3.8, 4) is 0 Å². The fraction of sp³-hybridized carbons (Fsp3) is 0.857. The van der Waals surface area contributed by atoms with E-state index in [1.807, 2.05) is 0 Å². The molecule has 0 aromatic carbocycles. The molecule has 0 heterocycles. The number of hydrogen-bond acceptors (Lipinski definition) is 1. The Balaban J connectivity index is -0.0000000198. The van der Waals surface area contributed by atoms with Crippen LogP contribution in [0.2, 0.25) is 29.6 Å². The largest absolute Gasteiger partial charge is 1.00 e. The van der Waals surface area contributed by atoms with E-state index < -0.39 is 39.5 Å². The summed E-state index contributed by atoms with van der Waals surface area (Å²) < 4.78 is 0. The first-order valence-corrected chi connectivity index (χ1v) is 20.3. The van der Waals surface area contributed by atoms with Gasteiger partial charge in [-0.3, -0.25) is 0 Å². The molecular weight excluding hydrogens is 406 g/mol. The third-order valence-corrected chi connectivity index (χ3v) is 0. The maximum absolute atomic E-state index is 6.25. The van der Waals surface area contributed by atoms with Gasteiger partial charge in [-0.25, -0.2) is 0 Å². The van der Waals surface area contributed by atoms with Crippen LogP contribution >= 0.6 is 0 Å². The molecule has 0 spiro atoms. The van der Waals surface area contributed by atoms with E-state index in [0.29, 0.717) is 0 Å². The number of nitrogens with zero attached hydrogens (tertiary/aromatic N) is 1. The molecule has 71 valence electrons. The van der Waals surface area contributed by atoms with Crippen LogP contribution < -0.4 is 18.9 Å². The smallest absolute Gasteiger partial charge is 0 e. The molecule has 12 heavy (non-hydrogen) atoms. The zero-order valence-electron chi connectivity index (χ0n) is 9.25. The zero-order chi connectivity index (χ0) is 9.15. The minimum Gasteiger partial charge on any atom is 0 e. The van der Waals surface area contributed by atoms with Crippen molar-refractivity contribution >= 4 is 39.5 Å². The van der Waals surface area contributed by atoms with Crippen LogP contribution in [-0.4, -0.2) is 39.5 Å². The Hall–Kier alpha value is 2.20. The van der Waals surface area contributed by atoms with E-state index in [9.17, 15) is 0 Å². The summed E-state index contributed by atoms with van der Waals surface area (Å²) in [6.45, 7) is 4.75. The summed E-state index contributed by atoms with van der Waals surface area (Å²) in [5.74, 6) is 0. The van der Waals surface area contributed by atoms with Crippen molar-refractivity contribution in [2.45, 2.75) is 29.6 Å². The molecule has 0 fully saturated rings. The number of hydrogen-bond donors (Lipinski definition) is 0. The first-order chi connectivity index (χ1) is 4.46. The molecule has 0 unspecified atom stereocenters. The summed E-state index contributed by atoms with van der Waals surface area (Å²) in [6.07, 6.45) is 0. The van der Waals surface area contributed by atoms with Gasteiger partial charge in [0.05, 0.1) is 0 Å². The van der Waals surface area contributed by atoms with Gasteiger partial charge in [-0.05, 0) is 0 Å². The normalized spacial score (nSPS) is 6.17. The monoisotopic (exact) mass is 426 g/mol. The van der Waals surface area contributed by atoms with E-state index in [0.717, 1.165) is 0 Å². The second-order valence-electron chi connectivity index (χ2n) is 3.00. The van der Waals surface area contributed by atoms with Gasteiger partial charge < -0.3 is 11.8 Å². The molecule has 0 bridgehead atoms. The van der Waals surface area contributed by atoms with Crippen LogP contribution in [0.25, 0.3) is 0 Å². The van der Waals surface area contributed by atoms with Crippen molar-refractivity contribution in [2.24, 2.45) is 0 Å². The van der Waals surface area contributed by atoms with Crippen LogP contribution in [0, 0.1) is 11.8 Å². The first-order valence-electron chi connectivity index (χ1n) is 3.22. The van der Waals surface area contributed by atoms with Gasteiger partial charge in [0.25, 0.3) is 0 Å². The summed E-state index contributed by atoms with van der Waals surface area (Å²) in [5.41, 5.74) is 0. The Kier molecular flexibility index (Phi) is 71.2. The molecule has 0 rings (SSSR count). The average Bonchev–Trinajstić information content (AvgIpc) is 1.66. The molecule has 0 aliphatic carbocycles. The second kappa shape index (κ2) is 29.2. The molecule has 0 aromatic rings. The quantitative estimate of drug-likeness (QED) is 0.392. The van der Waals surface area contributed by atoms with Gasteiger partial charge in [0.2, 0.25) is 0 Å². The molecule has 0 aliphatic heterocycles.